The van der Waals surface area contributed by atoms with E-state index in [0.29, 0.717) is 29.3 Å². The monoisotopic (exact) mass is 477 g/mol. The van der Waals surface area contributed by atoms with E-state index in [1.54, 1.807) is 26.0 Å². The first-order valence-corrected chi connectivity index (χ1v) is 12.4. The van der Waals surface area contributed by atoms with Crippen molar-refractivity contribution in [3.05, 3.63) is 54.4 Å². The van der Waals surface area contributed by atoms with Gasteiger partial charge in [-0.25, -0.2) is 0 Å². The van der Waals surface area contributed by atoms with Crippen LogP contribution in [-0.4, -0.2) is 39.1 Å². The molecule has 0 N–H and O–H groups in total. The molecule has 0 unspecified atom stereocenters. The van der Waals surface area contributed by atoms with Gasteiger partial charge in [0.05, 0.1) is 25.5 Å². The second-order valence-electron chi connectivity index (χ2n) is 8.20. The maximum absolute atomic E-state index is 5.53. The highest BCUT2D eigenvalue weighted by atomic mass is 32.2. The van der Waals surface area contributed by atoms with Gasteiger partial charge in [-0.3, -0.25) is 4.57 Å². The van der Waals surface area contributed by atoms with Gasteiger partial charge in [0.25, 0.3) is 0 Å². The molecule has 1 aliphatic carbocycles. The highest BCUT2D eigenvalue weighted by molar-refractivity contribution is 7.98. The number of aromatic nitrogens is 5. The quantitative estimate of drug-likeness (QED) is 0.294. The Morgan fingerprint density at radius 2 is 1.76 bits per heavy atom. The van der Waals surface area contributed by atoms with Crippen LogP contribution < -0.4 is 9.47 Å². The Morgan fingerprint density at radius 1 is 0.971 bits per heavy atom. The van der Waals surface area contributed by atoms with Gasteiger partial charge in [0.15, 0.2) is 11.0 Å². The molecule has 0 saturated heterocycles. The Balaban J connectivity index is 1.39. The van der Waals surface area contributed by atoms with E-state index in [2.05, 4.69) is 24.9 Å². The topological polar surface area (TPSA) is 88.1 Å². The van der Waals surface area contributed by atoms with Crippen LogP contribution in [0.5, 0.6) is 11.5 Å². The van der Waals surface area contributed by atoms with Crippen LogP contribution in [-0.2, 0) is 5.75 Å². The third-order valence-corrected chi connectivity index (χ3v) is 7.02. The Hall–Kier alpha value is -3.33. The molecule has 2 aromatic heterocycles. The average Bonchev–Trinajstić information content (AvgIpc) is 3.55. The molecule has 0 bridgehead atoms. The van der Waals surface area contributed by atoms with Gasteiger partial charge >= 0.3 is 0 Å². The summed E-state index contributed by atoms with van der Waals surface area (Å²) in [5.41, 5.74) is 1.83. The molecule has 176 valence electrons. The maximum Gasteiger partial charge on any atom is 0.237 e. The number of thioether (sulfide) groups is 1. The normalized spacial score (nSPS) is 14.3. The summed E-state index contributed by atoms with van der Waals surface area (Å²) in [4.78, 5) is 4.58. The van der Waals surface area contributed by atoms with E-state index in [-0.39, 0.29) is 0 Å². The minimum absolute atomic E-state index is 0.384. The standard InChI is InChI=1S/C25H27N5O3S/c1-31-19-14-12-17(13-15-19)24-27-28-25(30(24)18-8-4-3-5-9-18)34-16-22-26-23(29-33-22)20-10-6-7-11-21(20)32-2/h6-7,10-15,18H,3-5,8-9,16H2,1-2H3. The molecule has 5 rings (SSSR count). The first kappa shape index (κ1) is 22.5. The molecule has 1 saturated carbocycles. The summed E-state index contributed by atoms with van der Waals surface area (Å²) in [7, 11) is 3.30. The Bertz CT molecular complexity index is 1230. The molecule has 0 aliphatic heterocycles. The SMILES string of the molecule is COc1ccc(-c2nnc(SCc3nc(-c4ccccc4OC)no3)n2C2CCCCC2)cc1. The summed E-state index contributed by atoms with van der Waals surface area (Å²) in [6.07, 6.45) is 6.00. The number of hydrogen-bond acceptors (Lipinski definition) is 8. The van der Waals surface area contributed by atoms with E-state index in [1.165, 1.54) is 19.3 Å². The van der Waals surface area contributed by atoms with Crippen molar-refractivity contribution in [3.63, 3.8) is 0 Å². The molecule has 0 amide bonds. The zero-order valence-electron chi connectivity index (χ0n) is 19.3. The van der Waals surface area contributed by atoms with Crippen LogP contribution in [0.1, 0.15) is 44.0 Å². The van der Waals surface area contributed by atoms with Gasteiger partial charge in [-0.15, -0.1) is 10.2 Å². The first-order chi connectivity index (χ1) is 16.8. The van der Waals surface area contributed by atoms with Gasteiger partial charge in [-0.1, -0.05) is 48.3 Å². The van der Waals surface area contributed by atoms with Gasteiger partial charge in [-0.2, -0.15) is 4.98 Å². The highest BCUT2D eigenvalue weighted by Crippen LogP contribution is 2.37. The van der Waals surface area contributed by atoms with E-state index < -0.39 is 0 Å². The third kappa shape index (κ3) is 4.65. The number of rotatable bonds is 8. The largest absolute Gasteiger partial charge is 0.497 e. The summed E-state index contributed by atoms with van der Waals surface area (Å²) in [5.74, 6) is 3.98. The molecule has 2 heterocycles. The Labute approximate surface area is 202 Å². The van der Waals surface area contributed by atoms with Crippen LogP contribution in [0.25, 0.3) is 22.8 Å². The van der Waals surface area contributed by atoms with Crippen molar-refractivity contribution < 1.29 is 14.0 Å². The number of nitrogens with zero attached hydrogens (tertiary/aromatic N) is 5. The van der Waals surface area contributed by atoms with Gasteiger partial charge in [0, 0.05) is 11.6 Å². The third-order valence-electron chi connectivity index (χ3n) is 6.09. The van der Waals surface area contributed by atoms with Gasteiger partial charge < -0.3 is 14.0 Å². The number of hydrogen-bond donors (Lipinski definition) is 0. The van der Waals surface area contributed by atoms with Crippen molar-refractivity contribution in [3.8, 4) is 34.3 Å². The van der Waals surface area contributed by atoms with E-state index in [4.69, 9.17) is 14.0 Å². The summed E-state index contributed by atoms with van der Waals surface area (Å²) < 4.78 is 18.6. The summed E-state index contributed by atoms with van der Waals surface area (Å²) >= 11 is 1.57. The van der Waals surface area contributed by atoms with E-state index in [1.807, 2.05) is 48.5 Å². The van der Waals surface area contributed by atoms with Crippen LogP contribution >= 0.6 is 11.8 Å². The second kappa shape index (κ2) is 10.3. The predicted octanol–water partition coefficient (Wildman–Crippen LogP) is 5.81. The smallest absolute Gasteiger partial charge is 0.237 e. The second-order valence-corrected chi connectivity index (χ2v) is 9.14. The Morgan fingerprint density at radius 3 is 2.53 bits per heavy atom. The van der Waals surface area contributed by atoms with Crippen molar-refractivity contribution in [2.24, 2.45) is 0 Å². The van der Waals surface area contributed by atoms with E-state index in [9.17, 15) is 0 Å². The van der Waals surface area contributed by atoms with E-state index >= 15 is 0 Å². The van der Waals surface area contributed by atoms with Crippen molar-refractivity contribution in [2.45, 2.75) is 49.1 Å². The maximum atomic E-state index is 5.53. The van der Waals surface area contributed by atoms with Gasteiger partial charge in [0.1, 0.15) is 11.5 Å². The minimum Gasteiger partial charge on any atom is -0.497 e. The molecule has 0 spiro atoms. The van der Waals surface area contributed by atoms with E-state index in [0.717, 1.165) is 40.7 Å². The fraction of sp³-hybridized carbons (Fsp3) is 0.360. The molecular formula is C25H27N5O3S. The summed E-state index contributed by atoms with van der Waals surface area (Å²) in [5, 5.41) is 14.2. The van der Waals surface area contributed by atoms with Crippen molar-refractivity contribution in [1.29, 1.82) is 0 Å². The van der Waals surface area contributed by atoms with Crippen LogP contribution in [0.3, 0.4) is 0 Å². The lowest BCUT2D eigenvalue weighted by Crippen LogP contribution is -2.15. The number of methoxy groups -OCH3 is 2. The molecule has 8 nitrogen and oxygen atoms in total. The number of benzene rings is 2. The zero-order chi connectivity index (χ0) is 23.3. The van der Waals surface area contributed by atoms with Crippen molar-refractivity contribution >= 4 is 11.8 Å². The molecule has 1 aliphatic rings. The van der Waals surface area contributed by atoms with Crippen LogP contribution in [0.15, 0.2) is 58.2 Å². The fourth-order valence-corrected chi connectivity index (χ4v) is 5.20. The lowest BCUT2D eigenvalue weighted by atomic mass is 9.95. The first-order valence-electron chi connectivity index (χ1n) is 11.4. The van der Waals surface area contributed by atoms with Crippen molar-refractivity contribution in [2.75, 3.05) is 14.2 Å². The summed E-state index contributed by atoms with van der Waals surface area (Å²) in [6, 6.07) is 16.0. The molecule has 1 fully saturated rings. The van der Waals surface area contributed by atoms with Gasteiger partial charge in [-0.05, 0) is 49.2 Å². The molecule has 0 atom stereocenters. The molecule has 34 heavy (non-hydrogen) atoms. The highest BCUT2D eigenvalue weighted by Gasteiger charge is 2.24. The van der Waals surface area contributed by atoms with Crippen LogP contribution in [0.4, 0.5) is 0 Å². The number of ether oxygens (including phenoxy) is 2. The molecule has 4 aromatic rings. The van der Waals surface area contributed by atoms with Crippen molar-refractivity contribution in [1.82, 2.24) is 24.9 Å². The summed E-state index contributed by atoms with van der Waals surface area (Å²) in [6.45, 7) is 0. The molecule has 0 radical (unpaired) electrons. The lowest BCUT2D eigenvalue weighted by molar-refractivity contribution is 0.339. The van der Waals surface area contributed by atoms with Crippen LogP contribution in [0.2, 0.25) is 0 Å². The molecular weight excluding hydrogens is 450 g/mol. The molecule has 9 heteroatoms. The Kier molecular flexibility index (Phi) is 6.80. The van der Waals surface area contributed by atoms with Gasteiger partial charge in [0.2, 0.25) is 11.7 Å². The zero-order valence-corrected chi connectivity index (χ0v) is 20.1. The minimum atomic E-state index is 0.384. The average molecular weight is 478 g/mol. The predicted molar refractivity (Wildman–Crippen MR) is 130 cm³/mol. The van der Waals surface area contributed by atoms with Crippen LogP contribution in [0, 0.1) is 0 Å². The number of para-hydroxylation sites is 1. The lowest BCUT2D eigenvalue weighted by Gasteiger charge is -2.25. The molecule has 2 aromatic carbocycles. The fourth-order valence-electron chi connectivity index (χ4n) is 4.36.